The van der Waals surface area contributed by atoms with Crippen molar-refractivity contribution >= 4 is 40.0 Å². The van der Waals surface area contributed by atoms with E-state index in [9.17, 15) is 9.59 Å². The van der Waals surface area contributed by atoms with Crippen molar-refractivity contribution in [2.45, 2.75) is 62.4 Å². The van der Waals surface area contributed by atoms with Gasteiger partial charge < -0.3 is 10.2 Å². The van der Waals surface area contributed by atoms with Gasteiger partial charge in [0.2, 0.25) is 16.9 Å². The van der Waals surface area contributed by atoms with Crippen molar-refractivity contribution in [2.75, 3.05) is 11.1 Å². The molecule has 0 radical (unpaired) electrons. The van der Waals surface area contributed by atoms with Crippen LogP contribution in [0, 0.1) is 5.92 Å². The van der Waals surface area contributed by atoms with Crippen LogP contribution >= 0.6 is 23.1 Å². The Labute approximate surface area is 144 Å². The number of amides is 2. The molecule has 0 bridgehead atoms. The Balaban J connectivity index is 1.50. The van der Waals surface area contributed by atoms with Crippen LogP contribution in [-0.4, -0.2) is 44.7 Å². The SMILES string of the molecule is C[C@H]1CCC[C@H](C)N1C(=O)CSc1nnc(NC(=O)C2CC2)s1. The normalized spacial score (nSPS) is 24.5. The molecule has 0 unspecified atom stereocenters. The first-order valence-corrected chi connectivity index (χ1v) is 9.93. The van der Waals surface area contributed by atoms with Crippen LogP contribution in [0.4, 0.5) is 5.13 Å². The molecule has 2 aliphatic rings. The lowest BCUT2D eigenvalue weighted by Crippen LogP contribution is -2.48. The van der Waals surface area contributed by atoms with E-state index in [1.165, 1.54) is 29.5 Å². The molecule has 1 aromatic rings. The molecule has 2 heterocycles. The maximum Gasteiger partial charge on any atom is 0.233 e. The number of rotatable bonds is 5. The fraction of sp³-hybridized carbons (Fsp3) is 0.733. The summed E-state index contributed by atoms with van der Waals surface area (Å²) >= 11 is 2.74. The zero-order chi connectivity index (χ0) is 16.4. The third-order valence-corrected chi connectivity index (χ3v) is 6.34. The number of aromatic nitrogens is 2. The highest BCUT2D eigenvalue weighted by molar-refractivity contribution is 8.01. The second kappa shape index (κ2) is 7.17. The summed E-state index contributed by atoms with van der Waals surface area (Å²) in [5, 5.41) is 11.3. The standard InChI is InChI=1S/C15H22N4O2S2/c1-9-4-3-5-10(2)19(9)12(20)8-22-15-18-17-14(23-15)16-13(21)11-6-7-11/h9-11H,3-8H2,1-2H3,(H,16,17,21)/t9-,10-/m0/s1. The van der Waals surface area contributed by atoms with Crippen molar-refractivity contribution in [1.82, 2.24) is 15.1 Å². The van der Waals surface area contributed by atoms with E-state index in [-0.39, 0.29) is 17.7 Å². The molecule has 2 atom stereocenters. The van der Waals surface area contributed by atoms with Gasteiger partial charge in [0.05, 0.1) is 5.75 Å². The third kappa shape index (κ3) is 4.23. The molecule has 2 fully saturated rings. The van der Waals surface area contributed by atoms with Gasteiger partial charge in [0.25, 0.3) is 0 Å². The van der Waals surface area contributed by atoms with Gasteiger partial charge in [0.1, 0.15) is 0 Å². The number of hydrogen-bond acceptors (Lipinski definition) is 6. The van der Waals surface area contributed by atoms with Crippen LogP contribution in [0.2, 0.25) is 0 Å². The number of anilines is 1. The zero-order valence-corrected chi connectivity index (χ0v) is 15.1. The molecule has 2 amide bonds. The molecule has 1 aliphatic heterocycles. The first kappa shape index (κ1) is 16.7. The number of hydrogen-bond donors (Lipinski definition) is 1. The Bertz CT molecular complexity index is 578. The predicted molar refractivity (Wildman–Crippen MR) is 91.6 cm³/mol. The number of nitrogens with one attached hydrogen (secondary N) is 1. The van der Waals surface area contributed by atoms with Crippen LogP contribution in [0.25, 0.3) is 0 Å². The number of piperidine rings is 1. The van der Waals surface area contributed by atoms with E-state index in [0.717, 1.165) is 30.0 Å². The van der Waals surface area contributed by atoms with Gasteiger partial charge in [-0.3, -0.25) is 9.59 Å². The summed E-state index contributed by atoms with van der Waals surface area (Å²) in [6.45, 7) is 4.24. The molecule has 3 rings (SSSR count). The third-order valence-electron chi connectivity index (χ3n) is 4.39. The number of thioether (sulfide) groups is 1. The van der Waals surface area contributed by atoms with Crippen LogP contribution < -0.4 is 5.32 Å². The monoisotopic (exact) mass is 354 g/mol. The Morgan fingerprint density at radius 1 is 1.22 bits per heavy atom. The molecule has 1 saturated heterocycles. The summed E-state index contributed by atoms with van der Waals surface area (Å²) < 4.78 is 0.724. The number of carbonyl (C=O) groups excluding carboxylic acids is 2. The van der Waals surface area contributed by atoms with E-state index in [1.54, 1.807) is 0 Å². The van der Waals surface area contributed by atoms with Gasteiger partial charge in [-0.05, 0) is 46.0 Å². The summed E-state index contributed by atoms with van der Waals surface area (Å²) in [5.41, 5.74) is 0. The largest absolute Gasteiger partial charge is 0.337 e. The maximum atomic E-state index is 12.5. The van der Waals surface area contributed by atoms with Crippen LogP contribution in [0.1, 0.15) is 46.0 Å². The van der Waals surface area contributed by atoms with E-state index in [0.29, 0.717) is 23.0 Å². The highest BCUT2D eigenvalue weighted by Crippen LogP contribution is 2.32. The van der Waals surface area contributed by atoms with Crippen molar-refractivity contribution < 1.29 is 9.59 Å². The highest BCUT2D eigenvalue weighted by atomic mass is 32.2. The Morgan fingerprint density at radius 2 is 1.91 bits per heavy atom. The topological polar surface area (TPSA) is 75.2 Å². The highest BCUT2D eigenvalue weighted by Gasteiger charge is 2.31. The number of carbonyl (C=O) groups is 2. The second-order valence-electron chi connectivity index (χ2n) is 6.36. The fourth-order valence-electron chi connectivity index (χ4n) is 2.98. The van der Waals surface area contributed by atoms with E-state index in [1.807, 2.05) is 4.90 Å². The molecule has 0 spiro atoms. The van der Waals surface area contributed by atoms with Gasteiger partial charge in [-0.15, -0.1) is 10.2 Å². The van der Waals surface area contributed by atoms with Crippen molar-refractivity contribution in [1.29, 1.82) is 0 Å². The Kier molecular flexibility index (Phi) is 5.21. The van der Waals surface area contributed by atoms with Gasteiger partial charge in [-0.1, -0.05) is 23.1 Å². The summed E-state index contributed by atoms with van der Waals surface area (Å²) in [4.78, 5) is 26.2. The zero-order valence-electron chi connectivity index (χ0n) is 13.4. The lowest BCUT2D eigenvalue weighted by Gasteiger charge is -2.39. The fourth-order valence-corrected chi connectivity index (χ4v) is 4.61. The molecule has 8 heteroatoms. The summed E-state index contributed by atoms with van der Waals surface area (Å²) in [6, 6.07) is 0.629. The Hall–Kier alpha value is -1.15. The van der Waals surface area contributed by atoms with Gasteiger partial charge >= 0.3 is 0 Å². The molecule has 1 aromatic heterocycles. The average molecular weight is 355 g/mol. The van der Waals surface area contributed by atoms with E-state index in [4.69, 9.17) is 0 Å². The quantitative estimate of drug-likeness (QED) is 0.650. The average Bonchev–Trinajstić information content (AvgIpc) is 3.27. The van der Waals surface area contributed by atoms with Crippen molar-refractivity contribution in [3.05, 3.63) is 0 Å². The molecular weight excluding hydrogens is 332 g/mol. The van der Waals surface area contributed by atoms with Gasteiger partial charge in [0, 0.05) is 18.0 Å². The summed E-state index contributed by atoms with van der Waals surface area (Å²) in [7, 11) is 0. The van der Waals surface area contributed by atoms with Gasteiger partial charge in [-0.25, -0.2) is 0 Å². The van der Waals surface area contributed by atoms with Crippen LogP contribution in [0.3, 0.4) is 0 Å². The molecule has 6 nitrogen and oxygen atoms in total. The van der Waals surface area contributed by atoms with Crippen molar-refractivity contribution in [3.8, 4) is 0 Å². The minimum absolute atomic E-state index is 0.0322. The van der Waals surface area contributed by atoms with Gasteiger partial charge in [0.15, 0.2) is 4.34 Å². The predicted octanol–water partition coefficient (Wildman–Crippen LogP) is 2.77. The van der Waals surface area contributed by atoms with Crippen molar-refractivity contribution in [2.24, 2.45) is 5.92 Å². The maximum absolute atomic E-state index is 12.5. The van der Waals surface area contributed by atoms with Gasteiger partial charge in [-0.2, -0.15) is 0 Å². The van der Waals surface area contributed by atoms with Crippen molar-refractivity contribution in [3.63, 3.8) is 0 Å². The molecule has 1 saturated carbocycles. The van der Waals surface area contributed by atoms with Crippen LogP contribution in [0.5, 0.6) is 0 Å². The van der Waals surface area contributed by atoms with Crippen LogP contribution in [-0.2, 0) is 9.59 Å². The number of likely N-dealkylation sites (tertiary alicyclic amines) is 1. The van der Waals surface area contributed by atoms with E-state index < -0.39 is 0 Å². The smallest absolute Gasteiger partial charge is 0.233 e. The van der Waals surface area contributed by atoms with E-state index >= 15 is 0 Å². The minimum Gasteiger partial charge on any atom is -0.337 e. The lowest BCUT2D eigenvalue weighted by atomic mass is 9.98. The summed E-state index contributed by atoms with van der Waals surface area (Å²) in [5.74, 6) is 0.719. The molecule has 126 valence electrons. The first-order chi connectivity index (χ1) is 11.0. The molecule has 1 aliphatic carbocycles. The van der Waals surface area contributed by atoms with E-state index in [2.05, 4.69) is 29.4 Å². The minimum atomic E-state index is 0.0322. The second-order valence-corrected chi connectivity index (χ2v) is 8.56. The first-order valence-electron chi connectivity index (χ1n) is 8.13. The Morgan fingerprint density at radius 3 is 2.57 bits per heavy atom. The molecular formula is C15H22N4O2S2. The lowest BCUT2D eigenvalue weighted by molar-refractivity contribution is -0.134. The summed E-state index contributed by atoms with van der Waals surface area (Å²) in [6.07, 6.45) is 5.29. The molecule has 0 aromatic carbocycles. The van der Waals surface area contributed by atoms with Crippen LogP contribution in [0.15, 0.2) is 4.34 Å². The molecule has 23 heavy (non-hydrogen) atoms. The molecule has 1 N–H and O–H groups in total. The number of nitrogens with zero attached hydrogens (tertiary/aromatic N) is 3.